The minimum atomic E-state index is 0.617. The molecule has 0 radical (unpaired) electrons. The topological polar surface area (TPSA) is 21.3 Å². The summed E-state index contributed by atoms with van der Waals surface area (Å²) in [7, 11) is 2.06. The molecule has 1 saturated heterocycles. The maximum Gasteiger partial charge on any atom is 0.125 e. The van der Waals surface area contributed by atoms with Crippen molar-refractivity contribution >= 4 is 23.4 Å². The van der Waals surface area contributed by atoms with E-state index in [2.05, 4.69) is 18.4 Å². The van der Waals surface area contributed by atoms with Crippen molar-refractivity contribution in [3.8, 4) is 5.75 Å². The van der Waals surface area contributed by atoms with Crippen molar-refractivity contribution in [1.29, 1.82) is 0 Å². The van der Waals surface area contributed by atoms with Crippen LogP contribution in [0, 0.1) is 5.92 Å². The number of fused-ring (bicyclic) bond motifs is 1. The molecule has 18 heavy (non-hydrogen) atoms. The van der Waals surface area contributed by atoms with Crippen LogP contribution < -0.4 is 10.1 Å². The van der Waals surface area contributed by atoms with Crippen molar-refractivity contribution < 1.29 is 4.74 Å². The second kappa shape index (κ2) is 5.32. The molecule has 2 heterocycles. The van der Waals surface area contributed by atoms with Crippen LogP contribution in [-0.2, 0) is 12.8 Å². The first-order valence-corrected chi connectivity index (χ1v) is 8.00. The second-order valence-corrected chi connectivity index (χ2v) is 6.56. The largest absolute Gasteiger partial charge is 0.493 e. The van der Waals surface area contributed by atoms with Crippen molar-refractivity contribution in [3.63, 3.8) is 0 Å². The average Bonchev–Trinajstić information content (AvgIpc) is 2.96. The molecule has 0 saturated carbocycles. The Labute approximate surface area is 117 Å². The minimum absolute atomic E-state index is 0.617. The fourth-order valence-corrected chi connectivity index (χ4v) is 4.64. The van der Waals surface area contributed by atoms with Crippen LogP contribution in [0.3, 0.4) is 0 Å². The molecule has 2 unspecified atom stereocenters. The highest BCUT2D eigenvalue weighted by Gasteiger charge is 2.28. The number of benzene rings is 1. The Morgan fingerprint density at radius 3 is 3.17 bits per heavy atom. The monoisotopic (exact) mass is 283 g/mol. The third kappa shape index (κ3) is 2.36. The van der Waals surface area contributed by atoms with Gasteiger partial charge in [0.1, 0.15) is 5.75 Å². The summed E-state index contributed by atoms with van der Waals surface area (Å²) >= 11 is 8.24. The molecular weight excluding hydrogens is 266 g/mol. The van der Waals surface area contributed by atoms with Gasteiger partial charge in [0.2, 0.25) is 0 Å². The summed E-state index contributed by atoms with van der Waals surface area (Å²) in [5.41, 5.74) is 2.58. The Morgan fingerprint density at radius 1 is 1.44 bits per heavy atom. The zero-order chi connectivity index (χ0) is 12.5. The van der Waals surface area contributed by atoms with E-state index in [1.807, 2.05) is 17.8 Å². The van der Waals surface area contributed by atoms with E-state index in [1.165, 1.54) is 22.6 Å². The third-order valence-corrected chi connectivity index (χ3v) is 5.35. The smallest absolute Gasteiger partial charge is 0.125 e. The molecule has 0 aromatic heterocycles. The van der Waals surface area contributed by atoms with E-state index in [9.17, 15) is 0 Å². The van der Waals surface area contributed by atoms with Crippen LogP contribution in [0.5, 0.6) is 5.75 Å². The maximum absolute atomic E-state index is 6.21. The summed E-state index contributed by atoms with van der Waals surface area (Å²) in [5, 5.41) is 4.27. The highest BCUT2D eigenvalue weighted by Crippen LogP contribution is 2.36. The summed E-state index contributed by atoms with van der Waals surface area (Å²) in [6.45, 7) is 0.803. The molecule has 3 rings (SSSR count). The molecule has 2 atom stereocenters. The predicted molar refractivity (Wildman–Crippen MR) is 78.0 cm³/mol. The lowest BCUT2D eigenvalue weighted by Gasteiger charge is -2.19. The van der Waals surface area contributed by atoms with E-state index in [-0.39, 0.29) is 0 Å². The van der Waals surface area contributed by atoms with E-state index in [4.69, 9.17) is 16.3 Å². The molecule has 0 amide bonds. The van der Waals surface area contributed by atoms with Gasteiger partial charge in [-0.25, -0.2) is 0 Å². The van der Waals surface area contributed by atoms with Crippen molar-refractivity contribution in [2.24, 2.45) is 5.92 Å². The normalized spacial score (nSPS) is 26.1. The number of halogens is 1. The van der Waals surface area contributed by atoms with Gasteiger partial charge in [-0.3, -0.25) is 0 Å². The van der Waals surface area contributed by atoms with Crippen LogP contribution in [0.1, 0.15) is 11.1 Å². The number of ether oxygens (including phenoxy) is 1. The minimum Gasteiger partial charge on any atom is -0.493 e. The summed E-state index contributed by atoms with van der Waals surface area (Å²) in [6, 6.07) is 4.75. The van der Waals surface area contributed by atoms with Crippen molar-refractivity contribution in [2.75, 3.05) is 25.2 Å². The molecule has 2 aliphatic heterocycles. The highest BCUT2D eigenvalue weighted by atomic mass is 35.5. The molecule has 98 valence electrons. The average molecular weight is 284 g/mol. The van der Waals surface area contributed by atoms with Gasteiger partial charge in [0.25, 0.3) is 0 Å². The molecule has 0 aliphatic carbocycles. The van der Waals surface area contributed by atoms with E-state index in [0.29, 0.717) is 12.0 Å². The number of hydrogen-bond acceptors (Lipinski definition) is 3. The van der Waals surface area contributed by atoms with E-state index in [0.717, 1.165) is 30.2 Å². The van der Waals surface area contributed by atoms with Gasteiger partial charge in [-0.15, -0.1) is 0 Å². The van der Waals surface area contributed by atoms with Crippen LogP contribution in [-0.4, -0.2) is 31.2 Å². The Morgan fingerprint density at radius 2 is 2.33 bits per heavy atom. The van der Waals surface area contributed by atoms with Gasteiger partial charge >= 0.3 is 0 Å². The number of thioether (sulfide) groups is 1. The Bertz CT molecular complexity index is 452. The van der Waals surface area contributed by atoms with E-state index in [1.54, 1.807) is 0 Å². The first-order valence-electron chi connectivity index (χ1n) is 6.47. The molecule has 1 aromatic rings. The summed E-state index contributed by atoms with van der Waals surface area (Å²) < 4.78 is 5.78. The molecular formula is C14H18ClNOS. The standard InChI is InChI=1S/C14H18ClNOS/c1-16-13-8-18-7-11(13)4-10-6-12(15)5-9-2-3-17-14(9)10/h5-6,11,13,16H,2-4,7-8H2,1H3. The molecule has 2 nitrogen and oxygen atoms in total. The molecule has 2 aliphatic rings. The first-order chi connectivity index (χ1) is 8.78. The van der Waals surface area contributed by atoms with Crippen LogP contribution in [0.2, 0.25) is 5.02 Å². The van der Waals surface area contributed by atoms with Crippen LogP contribution in [0.15, 0.2) is 12.1 Å². The Kier molecular flexibility index (Phi) is 3.73. The number of nitrogens with one attached hydrogen (secondary N) is 1. The van der Waals surface area contributed by atoms with Crippen LogP contribution in [0.4, 0.5) is 0 Å². The quantitative estimate of drug-likeness (QED) is 0.922. The number of hydrogen-bond donors (Lipinski definition) is 1. The van der Waals surface area contributed by atoms with Crippen molar-refractivity contribution in [1.82, 2.24) is 5.32 Å². The molecule has 0 spiro atoms. The lowest BCUT2D eigenvalue weighted by molar-refractivity contribution is 0.349. The SMILES string of the molecule is CNC1CSCC1Cc1cc(Cl)cc2c1OCC2. The van der Waals surface area contributed by atoms with E-state index < -0.39 is 0 Å². The van der Waals surface area contributed by atoms with Crippen LogP contribution >= 0.6 is 23.4 Å². The summed E-state index contributed by atoms with van der Waals surface area (Å²) in [6.07, 6.45) is 2.07. The molecule has 4 heteroatoms. The zero-order valence-corrected chi connectivity index (χ0v) is 12.1. The third-order valence-electron chi connectivity index (χ3n) is 3.88. The van der Waals surface area contributed by atoms with Crippen molar-refractivity contribution in [3.05, 3.63) is 28.3 Å². The Balaban J connectivity index is 1.84. The van der Waals surface area contributed by atoms with Crippen LogP contribution in [0.25, 0.3) is 0 Å². The first kappa shape index (κ1) is 12.6. The van der Waals surface area contributed by atoms with Gasteiger partial charge in [0.15, 0.2) is 0 Å². The second-order valence-electron chi connectivity index (χ2n) is 5.05. The van der Waals surface area contributed by atoms with Gasteiger partial charge in [0, 0.05) is 23.2 Å². The molecule has 1 fully saturated rings. The van der Waals surface area contributed by atoms with Gasteiger partial charge < -0.3 is 10.1 Å². The summed E-state index contributed by atoms with van der Waals surface area (Å²) in [4.78, 5) is 0. The van der Waals surface area contributed by atoms with Gasteiger partial charge in [-0.2, -0.15) is 11.8 Å². The van der Waals surface area contributed by atoms with E-state index >= 15 is 0 Å². The van der Waals surface area contributed by atoms with Gasteiger partial charge in [-0.1, -0.05) is 11.6 Å². The molecule has 0 bridgehead atoms. The number of rotatable bonds is 3. The highest BCUT2D eigenvalue weighted by molar-refractivity contribution is 7.99. The maximum atomic E-state index is 6.21. The lowest BCUT2D eigenvalue weighted by Crippen LogP contribution is -2.33. The zero-order valence-electron chi connectivity index (χ0n) is 10.5. The van der Waals surface area contributed by atoms with Gasteiger partial charge in [-0.05, 0) is 48.4 Å². The van der Waals surface area contributed by atoms with Gasteiger partial charge in [0.05, 0.1) is 6.61 Å². The summed E-state index contributed by atoms with van der Waals surface area (Å²) in [5.74, 6) is 4.23. The predicted octanol–water partition coefficient (Wildman–Crippen LogP) is 2.77. The fraction of sp³-hybridized carbons (Fsp3) is 0.571. The lowest BCUT2D eigenvalue weighted by atomic mass is 9.93. The van der Waals surface area contributed by atoms with Crippen molar-refractivity contribution in [2.45, 2.75) is 18.9 Å². The fourth-order valence-electron chi connectivity index (χ4n) is 2.90. The molecule has 1 N–H and O–H groups in total. The molecule has 1 aromatic carbocycles. The Hall–Kier alpha value is -0.380.